The van der Waals surface area contributed by atoms with E-state index in [-0.39, 0.29) is 18.0 Å². The largest absolute Gasteiger partial charge is 0.360 e. The average molecular weight is 247 g/mol. The maximum atomic E-state index is 11.8. The summed E-state index contributed by atoms with van der Waals surface area (Å²) in [6.45, 7) is 5.05. The Hall–Kier alpha value is -1.55. The van der Waals surface area contributed by atoms with Crippen molar-refractivity contribution in [2.75, 3.05) is 18.0 Å². The van der Waals surface area contributed by atoms with Crippen LogP contribution < -0.4 is 16.0 Å². The van der Waals surface area contributed by atoms with E-state index in [1.807, 2.05) is 26.0 Å². The predicted octanol–water partition coefficient (Wildman–Crippen LogP) is 0.901. The minimum Gasteiger partial charge on any atom is -0.360 e. The van der Waals surface area contributed by atoms with Crippen molar-refractivity contribution in [1.82, 2.24) is 5.32 Å². The fourth-order valence-electron chi connectivity index (χ4n) is 2.41. The van der Waals surface area contributed by atoms with Gasteiger partial charge in [-0.05, 0) is 31.9 Å². The third-order valence-corrected chi connectivity index (χ3v) is 3.05. The molecule has 4 heteroatoms. The summed E-state index contributed by atoms with van der Waals surface area (Å²) in [6.07, 6.45) is 0.887. The zero-order chi connectivity index (χ0) is 13.1. The van der Waals surface area contributed by atoms with Gasteiger partial charge in [-0.2, -0.15) is 0 Å². The van der Waals surface area contributed by atoms with Crippen LogP contribution in [0.2, 0.25) is 0 Å². The van der Waals surface area contributed by atoms with E-state index in [1.54, 1.807) is 0 Å². The van der Waals surface area contributed by atoms with Crippen LogP contribution in [0.15, 0.2) is 24.3 Å². The van der Waals surface area contributed by atoms with Crippen molar-refractivity contribution in [3.05, 3.63) is 29.8 Å². The Bertz CT molecular complexity index is 431. The Morgan fingerprint density at radius 2 is 2.22 bits per heavy atom. The molecule has 1 heterocycles. The molecular weight excluding hydrogens is 226 g/mol. The molecule has 1 unspecified atom stereocenters. The van der Waals surface area contributed by atoms with Crippen LogP contribution in [0.1, 0.15) is 19.4 Å². The molecule has 0 saturated carbocycles. The molecule has 0 bridgehead atoms. The van der Waals surface area contributed by atoms with Crippen LogP contribution in [0.25, 0.3) is 0 Å². The van der Waals surface area contributed by atoms with Crippen LogP contribution in [0, 0.1) is 0 Å². The zero-order valence-corrected chi connectivity index (χ0v) is 11.0. The molecule has 0 radical (unpaired) electrons. The summed E-state index contributed by atoms with van der Waals surface area (Å²) >= 11 is 0. The van der Waals surface area contributed by atoms with E-state index in [9.17, 15) is 4.79 Å². The Morgan fingerprint density at radius 3 is 2.94 bits per heavy atom. The van der Waals surface area contributed by atoms with Gasteiger partial charge in [0.25, 0.3) is 0 Å². The van der Waals surface area contributed by atoms with E-state index in [2.05, 4.69) is 22.3 Å². The van der Waals surface area contributed by atoms with Gasteiger partial charge < -0.3 is 16.0 Å². The molecule has 3 N–H and O–H groups in total. The molecule has 1 aliphatic heterocycles. The highest BCUT2D eigenvalue weighted by atomic mass is 16.2. The number of nitrogens with two attached hydrogens (primary N) is 1. The van der Waals surface area contributed by atoms with Gasteiger partial charge in [0.15, 0.2) is 0 Å². The number of carbonyl (C=O) groups excluding carboxylic acids is 1. The topological polar surface area (TPSA) is 58.4 Å². The molecule has 1 amide bonds. The van der Waals surface area contributed by atoms with Crippen molar-refractivity contribution in [2.24, 2.45) is 5.73 Å². The first-order chi connectivity index (χ1) is 8.56. The fraction of sp³-hybridized carbons (Fsp3) is 0.500. The van der Waals surface area contributed by atoms with E-state index in [0.717, 1.165) is 18.7 Å². The second-order valence-electron chi connectivity index (χ2n) is 5.20. The number of hydrogen-bond donors (Lipinski definition) is 2. The van der Waals surface area contributed by atoms with Crippen molar-refractivity contribution >= 4 is 11.6 Å². The lowest BCUT2D eigenvalue weighted by molar-refractivity contribution is -0.120. The number of hydrogen-bond acceptors (Lipinski definition) is 3. The molecule has 1 aliphatic rings. The highest BCUT2D eigenvalue weighted by Gasteiger charge is 2.23. The summed E-state index contributed by atoms with van der Waals surface area (Å²) < 4.78 is 0. The van der Waals surface area contributed by atoms with Gasteiger partial charge in [0.2, 0.25) is 5.91 Å². The summed E-state index contributed by atoms with van der Waals surface area (Å²) in [5, 5.41) is 2.91. The van der Waals surface area contributed by atoms with Crippen molar-refractivity contribution in [3.8, 4) is 0 Å². The predicted molar refractivity (Wildman–Crippen MR) is 73.6 cm³/mol. The summed E-state index contributed by atoms with van der Waals surface area (Å²) in [5.74, 6) is 0.0499. The van der Waals surface area contributed by atoms with Crippen molar-refractivity contribution < 1.29 is 4.79 Å². The highest BCUT2D eigenvalue weighted by molar-refractivity contribution is 5.82. The number of amides is 1. The van der Waals surface area contributed by atoms with Gasteiger partial charge in [-0.15, -0.1) is 0 Å². The molecule has 98 valence electrons. The third-order valence-electron chi connectivity index (χ3n) is 3.05. The molecule has 0 saturated heterocycles. The van der Waals surface area contributed by atoms with Gasteiger partial charge in [0, 0.05) is 24.3 Å². The number of anilines is 1. The van der Waals surface area contributed by atoms with E-state index in [4.69, 9.17) is 5.73 Å². The monoisotopic (exact) mass is 247 g/mol. The molecular formula is C14H21N3O. The van der Waals surface area contributed by atoms with Gasteiger partial charge in [0.05, 0.1) is 6.54 Å². The fourth-order valence-corrected chi connectivity index (χ4v) is 2.41. The maximum absolute atomic E-state index is 11.8. The Balaban J connectivity index is 2.11. The smallest absolute Gasteiger partial charge is 0.239 e. The summed E-state index contributed by atoms with van der Waals surface area (Å²) in [7, 11) is 0. The van der Waals surface area contributed by atoms with Gasteiger partial charge >= 0.3 is 0 Å². The minimum absolute atomic E-state index is 0.0499. The zero-order valence-electron chi connectivity index (χ0n) is 11.0. The molecule has 0 fully saturated rings. The number of carbonyl (C=O) groups is 1. The van der Waals surface area contributed by atoms with Crippen LogP contribution in [-0.2, 0) is 11.2 Å². The number of nitrogens with zero attached hydrogens (tertiary/aromatic N) is 1. The average Bonchev–Trinajstić information content (AvgIpc) is 2.27. The molecule has 18 heavy (non-hydrogen) atoms. The lowest BCUT2D eigenvalue weighted by Gasteiger charge is -2.34. The Morgan fingerprint density at radius 1 is 1.50 bits per heavy atom. The lowest BCUT2D eigenvalue weighted by atomic mass is 9.98. The Labute approximate surface area is 108 Å². The second kappa shape index (κ2) is 5.40. The summed E-state index contributed by atoms with van der Waals surface area (Å²) in [5.41, 5.74) is 8.41. The number of rotatable bonds is 3. The third kappa shape index (κ3) is 3.01. The molecule has 1 aromatic carbocycles. The number of nitrogens with one attached hydrogen (secondary N) is 1. The first-order valence-electron chi connectivity index (χ1n) is 6.44. The maximum Gasteiger partial charge on any atom is 0.239 e. The first kappa shape index (κ1) is 12.9. The molecule has 1 aromatic rings. The summed E-state index contributed by atoms with van der Waals surface area (Å²) in [6, 6.07) is 8.44. The van der Waals surface area contributed by atoms with Crippen molar-refractivity contribution in [3.63, 3.8) is 0 Å². The highest BCUT2D eigenvalue weighted by Crippen LogP contribution is 2.25. The van der Waals surface area contributed by atoms with Gasteiger partial charge in [-0.3, -0.25) is 4.79 Å². The minimum atomic E-state index is 0.0499. The van der Waals surface area contributed by atoms with Crippen LogP contribution in [0.4, 0.5) is 5.69 Å². The standard InChI is InChI=1S/C14H21N3O/c1-10(2)16-14(18)9-17-8-12(15)7-11-5-3-4-6-13(11)17/h3-6,10,12H,7-9,15H2,1-2H3,(H,16,18). The Kier molecular flexibility index (Phi) is 3.87. The molecule has 0 spiro atoms. The molecule has 2 rings (SSSR count). The molecule has 0 aromatic heterocycles. The van der Waals surface area contributed by atoms with Crippen molar-refractivity contribution in [2.45, 2.75) is 32.4 Å². The van der Waals surface area contributed by atoms with Crippen LogP contribution in [-0.4, -0.2) is 31.1 Å². The quantitative estimate of drug-likeness (QED) is 0.834. The van der Waals surface area contributed by atoms with Gasteiger partial charge in [0.1, 0.15) is 0 Å². The molecule has 1 atom stereocenters. The number of benzene rings is 1. The van der Waals surface area contributed by atoms with E-state index < -0.39 is 0 Å². The normalized spacial score (nSPS) is 18.7. The van der Waals surface area contributed by atoms with Crippen LogP contribution >= 0.6 is 0 Å². The van der Waals surface area contributed by atoms with E-state index in [1.165, 1.54) is 5.56 Å². The number of para-hydroxylation sites is 1. The van der Waals surface area contributed by atoms with Gasteiger partial charge in [-0.1, -0.05) is 18.2 Å². The van der Waals surface area contributed by atoms with Crippen molar-refractivity contribution in [1.29, 1.82) is 0 Å². The van der Waals surface area contributed by atoms with Crippen LogP contribution in [0.3, 0.4) is 0 Å². The van der Waals surface area contributed by atoms with E-state index >= 15 is 0 Å². The summed E-state index contributed by atoms with van der Waals surface area (Å²) in [4.78, 5) is 13.9. The SMILES string of the molecule is CC(C)NC(=O)CN1CC(N)Cc2ccccc21. The van der Waals surface area contributed by atoms with Gasteiger partial charge in [-0.25, -0.2) is 0 Å². The second-order valence-corrected chi connectivity index (χ2v) is 5.20. The molecule has 4 nitrogen and oxygen atoms in total. The van der Waals surface area contributed by atoms with E-state index in [0.29, 0.717) is 6.54 Å². The number of fused-ring (bicyclic) bond motifs is 1. The first-order valence-corrected chi connectivity index (χ1v) is 6.44. The lowest BCUT2D eigenvalue weighted by Crippen LogP contribution is -2.48. The van der Waals surface area contributed by atoms with Crippen LogP contribution in [0.5, 0.6) is 0 Å². The molecule has 0 aliphatic carbocycles.